The molecule has 0 radical (unpaired) electrons. The maximum Gasteiger partial charge on any atom is 0.321 e. The summed E-state index contributed by atoms with van der Waals surface area (Å²) in [5.41, 5.74) is 3.68. The van der Waals surface area contributed by atoms with Crippen LogP contribution in [0.2, 0.25) is 0 Å². The Morgan fingerprint density at radius 1 is 0.760 bits per heavy atom. The first-order valence-corrected chi connectivity index (χ1v) is 8.06. The Kier molecular flexibility index (Phi) is 6.00. The van der Waals surface area contributed by atoms with E-state index in [0.717, 1.165) is 22.5 Å². The monoisotopic (exact) mass is 340 g/mol. The molecule has 2 rings (SSSR count). The number of amides is 4. The Balaban J connectivity index is 2.39. The number of hydrogen-bond acceptors (Lipinski definition) is 2. The number of carbonyl (C=O) groups is 2. The van der Waals surface area contributed by atoms with Gasteiger partial charge in [0, 0.05) is 46.0 Å². The van der Waals surface area contributed by atoms with Gasteiger partial charge in [-0.05, 0) is 23.3 Å². The number of rotatable bonds is 4. The Bertz CT molecular complexity index is 697. The van der Waals surface area contributed by atoms with E-state index in [-0.39, 0.29) is 12.1 Å². The molecule has 0 unspecified atom stereocenters. The third-order valence-corrected chi connectivity index (χ3v) is 4.12. The van der Waals surface area contributed by atoms with Crippen LogP contribution in [0.5, 0.6) is 0 Å². The Morgan fingerprint density at radius 2 is 1.12 bits per heavy atom. The summed E-state index contributed by atoms with van der Waals surface area (Å²) in [5.74, 6) is 0. The van der Waals surface area contributed by atoms with Crippen molar-refractivity contribution < 1.29 is 9.59 Å². The standard InChI is InChI=1S/C19H24N4O2/c1-20-18(24)22(3)16-11-7-5-9-14(16)13-15-10-6-8-12-17(15)23(4)19(25)21-2/h5-12H,13H2,1-4H3,(H,20,24)(H,21,25). The zero-order valence-corrected chi connectivity index (χ0v) is 15.0. The zero-order valence-electron chi connectivity index (χ0n) is 15.0. The SMILES string of the molecule is CNC(=O)N(C)c1ccccc1Cc1ccccc1N(C)C(=O)NC. The van der Waals surface area contributed by atoms with Crippen molar-refractivity contribution in [2.24, 2.45) is 0 Å². The number of benzene rings is 2. The van der Waals surface area contributed by atoms with Gasteiger partial charge in [-0.3, -0.25) is 9.80 Å². The van der Waals surface area contributed by atoms with E-state index < -0.39 is 0 Å². The summed E-state index contributed by atoms with van der Waals surface area (Å²) >= 11 is 0. The van der Waals surface area contributed by atoms with E-state index in [4.69, 9.17) is 0 Å². The van der Waals surface area contributed by atoms with Crippen molar-refractivity contribution in [3.05, 3.63) is 59.7 Å². The second kappa shape index (κ2) is 8.19. The van der Waals surface area contributed by atoms with E-state index in [2.05, 4.69) is 10.6 Å². The summed E-state index contributed by atoms with van der Waals surface area (Å²) in [5, 5.41) is 5.26. The molecule has 0 bridgehead atoms. The maximum atomic E-state index is 12.0. The second-order valence-corrected chi connectivity index (χ2v) is 5.66. The average Bonchev–Trinajstić information content (AvgIpc) is 2.66. The lowest BCUT2D eigenvalue weighted by molar-refractivity contribution is 0.248. The molecule has 0 atom stereocenters. The van der Waals surface area contributed by atoms with Crippen molar-refractivity contribution in [1.82, 2.24) is 10.6 Å². The number of carbonyl (C=O) groups excluding carboxylic acids is 2. The van der Waals surface area contributed by atoms with Crippen molar-refractivity contribution >= 4 is 23.4 Å². The molecule has 6 nitrogen and oxygen atoms in total. The lowest BCUT2D eigenvalue weighted by Gasteiger charge is -2.23. The number of nitrogens with zero attached hydrogens (tertiary/aromatic N) is 2. The molecule has 2 aromatic rings. The van der Waals surface area contributed by atoms with Crippen molar-refractivity contribution in [3.8, 4) is 0 Å². The molecular formula is C19H24N4O2. The van der Waals surface area contributed by atoms with E-state index in [9.17, 15) is 9.59 Å². The molecular weight excluding hydrogens is 316 g/mol. The van der Waals surface area contributed by atoms with Crippen LogP contribution in [0.1, 0.15) is 11.1 Å². The van der Waals surface area contributed by atoms with Gasteiger partial charge >= 0.3 is 12.1 Å². The predicted molar refractivity (Wildman–Crippen MR) is 101 cm³/mol. The normalized spacial score (nSPS) is 10.1. The molecule has 0 spiro atoms. The topological polar surface area (TPSA) is 64.7 Å². The van der Waals surface area contributed by atoms with E-state index in [1.165, 1.54) is 0 Å². The molecule has 0 aromatic heterocycles. The Hall–Kier alpha value is -3.02. The van der Waals surface area contributed by atoms with Crippen LogP contribution in [0, 0.1) is 0 Å². The fraction of sp³-hybridized carbons (Fsp3) is 0.263. The van der Waals surface area contributed by atoms with Gasteiger partial charge < -0.3 is 10.6 Å². The molecule has 0 heterocycles. The molecule has 6 heteroatoms. The molecule has 2 N–H and O–H groups in total. The predicted octanol–water partition coefficient (Wildman–Crippen LogP) is 2.83. The highest BCUT2D eigenvalue weighted by atomic mass is 16.2. The van der Waals surface area contributed by atoms with E-state index >= 15 is 0 Å². The van der Waals surface area contributed by atoms with Crippen molar-refractivity contribution in [3.63, 3.8) is 0 Å². The fourth-order valence-corrected chi connectivity index (χ4v) is 2.73. The highest BCUT2D eigenvalue weighted by molar-refractivity contribution is 5.93. The maximum absolute atomic E-state index is 12.0. The van der Waals surface area contributed by atoms with Crippen LogP contribution >= 0.6 is 0 Å². The fourth-order valence-electron chi connectivity index (χ4n) is 2.73. The van der Waals surface area contributed by atoms with Gasteiger partial charge in [-0.15, -0.1) is 0 Å². The van der Waals surface area contributed by atoms with E-state index in [1.807, 2.05) is 48.5 Å². The molecule has 0 aliphatic heterocycles. The van der Waals surface area contributed by atoms with Crippen LogP contribution < -0.4 is 20.4 Å². The summed E-state index contributed by atoms with van der Waals surface area (Å²) < 4.78 is 0. The molecule has 0 saturated heterocycles. The third kappa shape index (κ3) is 4.09. The van der Waals surface area contributed by atoms with Crippen molar-refractivity contribution in [1.29, 1.82) is 0 Å². The first kappa shape index (κ1) is 18.3. The summed E-state index contributed by atoms with van der Waals surface area (Å²) in [4.78, 5) is 27.1. The largest absolute Gasteiger partial charge is 0.341 e. The van der Waals surface area contributed by atoms with Gasteiger partial charge in [0.15, 0.2) is 0 Å². The lowest BCUT2D eigenvalue weighted by atomic mass is 10.0. The van der Waals surface area contributed by atoms with Crippen LogP contribution in [-0.2, 0) is 6.42 Å². The van der Waals surface area contributed by atoms with Gasteiger partial charge in [0.2, 0.25) is 0 Å². The molecule has 4 amide bonds. The number of nitrogens with one attached hydrogen (secondary N) is 2. The average molecular weight is 340 g/mol. The first-order valence-electron chi connectivity index (χ1n) is 8.06. The lowest BCUT2D eigenvalue weighted by Crippen LogP contribution is -2.36. The molecule has 0 saturated carbocycles. The quantitative estimate of drug-likeness (QED) is 0.899. The van der Waals surface area contributed by atoms with Gasteiger partial charge in [-0.2, -0.15) is 0 Å². The Labute approximate surface area is 148 Å². The van der Waals surface area contributed by atoms with Gasteiger partial charge in [-0.1, -0.05) is 36.4 Å². The van der Waals surface area contributed by atoms with Gasteiger partial charge in [0.1, 0.15) is 0 Å². The van der Waals surface area contributed by atoms with Crippen LogP contribution in [0.25, 0.3) is 0 Å². The van der Waals surface area contributed by atoms with Crippen LogP contribution in [0.15, 0.2) is 48.5 Å². The van der Waals surface area contributed by atoms with Gasteiger partial charge in [-0.25, -0.2) is 9.59 Å². The smallest absolute Gasteiger partial charge is 0.321 e. The number of urea groups is 2. The highest BCUT2D eigenvalue weighted by Gasteiger charge is 2.16. The molecule has 2 aromatic carbocycles. The van der Waals surface area contributed by atoms with Crippen molar-refractivity contribution in [2.45, 2.75) is 6.42 Å². The molecule has 0 aliphatic rings. The van der Waals surface area contributed by atoms with Crippen molar-refractivity contribution in [2.75, 3.05) is 38.0 Å². The number of para-hydroxylation sites is 2. The van der Waals surface area contributed by atoms with Crippen LogP contribution in [0.3, 0.4) is 0 Å². The summed E-state index contributed by atoms with van der Waals surface area (Å²) in [6.07, 6.45) is 0.606. The zero-order chi connectivity index (χ0) is 18.4. The first-order chi connectivity index (χ1) is 12.0. The second-order valence-electron chi connectivity index (χ2n) is 5.66. The number of hydrogen-bond donors (Lipinski definition) is 2. The van der Waals surface area contributed by atoms with E-state index in [1.54, 1.807) is 38.0 Å². The summed E-state index contributed by atoms with van der Waals surface area (Å²) in [6.45, 7) is 0. The minimum absolute atomic E-state index is 0.178. The summed E-state index contributed by atoms with van der Waals surface area (Å²) in [7, 11) is 6.69. The molecule has 132 valence electrons. The van der Waals surface area contributed by atoms with E-state index in [0.29, 0.717) is 6.42 Å². The minimum Gasteiger partial charge on any atom is -0.341 e. The van der Waals surface area contributed by atoms with Gasteiger partial charge in [0.05, 0.1) is 0 Å². The van der Waals surface area contributed by atoms with Gasteiger partial charge in [0.25, 0.3) is 0 Å². The Morgan fingerprint density at radius 3 is 1.48 bits per heavy atom. The molecule has 0 fully saturated rings. The minimum atomic E-state index is -0.178. The highest BCUT2D eigenvalue weighted by Crippen LogP contribution is 2.27. The molecule has 25 heavy (non-hydrogen) atoms. The third-order valence-electron chi connectivity index (χ3n) is 4.12. The summed E-state index contributed by atoms with van der Waals surface area (Å²) in [6, 6.07) is 15.2. The number of anilines is 2. The van der Waals surface area contributed by atoms with Crippen LogP contribution in [-0.4, -0.2) is 40.3 Å². The molecule has 0 aliphatic carbocycles. The van der Waals surface area contributed by atoms with Crippen LogP contribution in [0.4, 0.5) is 21.0 Å².